The number of aryl methyl sites for hydroxylation is 2. The van der Waals surface area contributed by atoms with Crippen LogP contribution in [0.3, 0.4) is 0 Å². The largest absolute Gasteiger partial charge is 0.327 e. The molecule has 2 atom stereocenters. The topological polar surface area (TPSA) is 58.4 Å². The number of imidazole rings is 1. The minimum atomic E-state index is -3.23. The maximum atomic E-state index is 11.9. The highest BCUT2D eigenvalue weighted by Crippen LogP contribution is 2.34. The van der Waals surface area contributed by atoms with E-state index in [4.69, 9.17) is 4.98 Å². The van der Waals surface area contributed by atoms with Gasteiger partial charge in [-0.05, 0) is 83.3 Å². The predicted octanol–water partition coefficient (Wildman–Crippen LogP) is 5.64. The van der Waals surface area contributed by atoms with Gasteiger partial charge in [-0.1, -0.05) is 38.1 Å². The van der Waals surface area contributed by atoms with Crippen molar-refractivity contribution in [3.8, 4) is 22.5 Å². The van der Waals surface area contributed by atoms with Crippen molar-refractivity contribution in [1.82, 2.24) is 19.4 Å². The lowest BCUT2D eigenvalue weighted by Gasteiger charge is -2.22. The molecule has 4 aromatic rings. The molecule has 6 rings (SSSR count). The van der Waals surface area contributed by atoms with Gasteiger partial charge in [0, 0.05) is 58.1 Å². The van der Waals surface area contributed by atoms with Gasteiger partial charge in [0.2, 0.25) is 0 Å². The Morgan fingerprint density at radius 1 is 0.850 bits per heavy atom. The van der Waals surface area contributed by atoms with Crippen LogP contribution in [0.2, 0.25) is 0 Å². The molecule has 0 radical (unpaired) electrons. The standard InChI is InChI=1S/C33H40N4O2S/c1-22(2)16-36-18-28-20-37(21-29(28)19-36)17-24-6-8-25(9-7-24)27-14-23(3)32-31(15-27)35(4)33(34-32)26-10-12-30(13-11-26)40(5,38)39/h6-15,22,28-29H,16-21H2,1-5H3. The SMILES string of the molecule is Cc1cc(-c2ccc(CN3CC4CN(CC(C)C)CC4C3)cc2)cc2c1nc(-c1ccc(S(C)(=O)=O)cc1)n2C. The smallest absolute Gasteiger partial charge is 0.175 e. The Morgan fingerprint density at radius 2 is 1.45 bits per heavy atom. The molecule has 210 valence electrons. The van der Waals surface area contributed by atoms with E-state index in [1.54, 1.807) is 12.1 Å². The first-order chi connectivity index (χ1) is 19.0. The molecule has 0 aliphatic carbocycles. The molecular weight excluding hydrogens is 516 g/mol. The highest BCUT2D eigenvalue weighted by molar-refractivity contribution is 7.90. The van der Waals surface area contributed by atoms with Gasteiger partial charge in [-0.25, -0.2) is 13.4 Å². The van der Waals surface area contributed by atoms with Crippen LogP contribution in [0.5, 0.6) is 0 Å². The maximum absolute atomic E-state index is 11.9. The highest BCUT2D eigenvalue weighted by atomic mass is 32.2. The van der Waals surface area contributed by atoms with Crippen LogP contribution in [0.4, 0.5) is 0 Å². The average Bonchev–Trinajstić information content (AvgIpc) is 3.55. The van der Waals surface area contributed by atoms with Crippen molar-refractivity contribution < 1.29 is 8.42 Å². The molecule has 0 spiro atoms. The van der Waals surface area contributed by atoms with Gasteiger partial charge in [-0.15, -0.1) is 0 Å². The molecule has 2 aliphatic heterocycles. The van der Waals surface area contributed by atoms with Crippen molar-refractivity contribution in [3.05, 3.63) is 71.8 Å². The second-order valence-corrected chi connectivity index (χ2v) is 14.5. The fourth-order valence-electron chi connectivity index (χ4n) is 6.78. The van der Waals surface area contributed by atoms with Gasteiger partial charge in [-0.2, -0.15) is 0 Å². The number of sulfone groups is 1. The van der Waals surface area contributed by atoms with E-state index < -0.39 is 9.84 Å². The summed E-state index contributed by atoms with van der Waals surface area (Å²) in [5, 5.41) is 0. The summed E-state index contributed by atoms with van der Waals surface area (Å²) >= 11 is 0. The molecule has 7 heteroatoms. The third-order valence-corrected chi connectivity index (χ3v) is 9.80. The quantitative estimate of drug-likeness (QED) is 0.295. The van der Waals surface area contributed by atoms with E-state index in [9.17, 15) is 8.42 Å². The minimum absolute atomic E-state index is 0.317. The lowest BCUT2D eigenvalue weighted by molar-refractivity contribution is 0.235. The van der Waals surface area contributed by atoms with E-state index in [-0.39, 0.29) is 0 Å². The molecule has 3 aromatic carbocycles. The summed E-state index contributed by atoms with van der Waals surface area (Å²) in [6, 6.07) is 20.5. The first-order valence-corrected chi connectivity index (χ1v) is 16.3. The summed E-state index contributed by atoms with van der Waals surface area (Å²) in [5.74, 6) is 3.23. The molecule has 0 saturated carbocycles. The summed E-state index contributed by atoms with van der Waals surface area (Å²) in [4.78, 5) is 10.6. The fourth-order valence-corrected chi connectivity index (χ4v) is 7.41. The number of hydrogen-bond donors (Lipinski definition) is 0. The zero-order valence-corrected chi connectivity index (χ0v) is 25.1. The Bertz CT molecular complexity index is 1620. The third-order valence-electron chi connectivity index (χ3n) is 8.67. The number of benzene rings is 3. The Morgan fingerprint density at radius 3 is 2.05 bits per heavy atom. The van der Waals surface area contributed by atoms with E-state index in [0.717, 1.165) is 52.3 Å². The highest BCUT2D eigenvalue weighted by Gasteiger charge is 2.39. The van der Waals surface area contributed by atoms with Crippen molar-refractivity contribution in [2.45, 2.75) is 32.2 Å². The fraction of sp³-hybridized carbons (Fsp3) is 0.424. The van der Waals surface area contributed by atoms with Crippen molar-refractivity contribution in [2.24, 2.45) is 24.8 Å². The van der Waals surface area contributed by atoms with Crippen LogP contribution >= 0.6 is 0 Å². The van der Waals surface area contributed by atoms with Crippen LogP contribution in [-0.2, 0) is 23.4 Å². The Balaban J connectivity index is 1.18. The van der Waals surface area contributed by atoms with Crippen LogP contribution in [0, 0.1) is 24.7 Å². The zero-order valence-electron chi connectivity index (χ0n) is 24.3. The van der Waals surface area contributed by atoms with Crippen molar-refractivity contribution in [3.63, 3.8) is 0 Å². The van der Waals surface area contributed by atoms with Gasteiger partial charge in [0.25, 0.3) is 0 Å². The Hall–Kier alpha value is -3.00. The monoisotopic (exact) mass is 556 g/mol. The van der Waals surface area contributed by atoms with E-state index in [1.807, 2.05) is 19.2 Å². The summed E-state index contributed by atoms with van der Waals surface area (Å²) in [5.41, 5.74) is 7.82. The van der Waals surface area contributed by atoms with Crippen molar-refractivity contribution in [2.75, 3.05) is 39.0 Å². The molecule has 3 heterocycles. The molecule has 2 unspecified atom stereocenters. The van der Waals surface area contributed by atoms with Gasteiger partial charge in [0.1, 0.15) is 5.82 Å². The van der Waals surface area contributed by atoms with Crippen LogP contribution in [-0.4, -0.2) is 66.7 Å². The summed E-state index contributed by atoms with van der Waals surface area (Å²) in [6.07, 6.45) is 1.23. The van der Waals surface area contributed by atoms with E-state index in [1.165, 1.54) is 55.7 Å². The van der Waals surface area contributed by atoms with Gasteiger partial charge in [0.05, 0.1) is 15.9 Å². The first kappa shape index (κ1) is 27.2. The second-order valence-electron chi connectivity index (χ2n) is 12.5. The lowest BCUT2D eigenvalue weighted by Crippen LogP contribution is -2.30. The molecule has 2 aliphatic rings. The number of hydrogen-bond acceptors (Lipinski definition) is 5. The van der Waals surface area contributed by atoms with E-state index >= 15 is 0 Å². The molecular formula is C33H40N4O2S. The Kier molecular flexibility index (Phi) is 7.09. The molecule has 2 saturated heterocycles. The van der Waals surface area contributed by atoms with Gasteiger partial charge < -0.3 is 9.47 Å². The van der Waals surface area contributed by atoms with Gasteiger partial charge in [-0.3, -0.25) is 4.90 Å². The Labute approximate surface area is 238 Å². The van der Waals surface area contributed by atoms with Gasteiger partial charge in [0.15, 0.2) is 9.84 Å². The molecule has 40 heavy (non-hydrogen) atoms. The van der Waals surface area contributed by atoms with Gasteiger partial charge >= 0.3 is 0 Å². The lowest BCUT2D eigenvalue weighted by atomic mass is 10.0. The molecule has 0 N–H and O–H groups in total. The maximum Gasteiger partial charge on any atom is 0.175 e. The summed E-state index contributed by atoms with van der Waals surface area (Å²) in [6.45, 7) is 14.0. The number of rotatable bonds is 7. The molecule has 1 aromatic heterocycles. The summed E-state index contributed by atoms with van der Waals surface area (Å²) < 4.78 is 25.8. The normalized spacial score (nSPS) is 20.1. The van der Waals surface area contributed by atoms with E-state index in [2.05, 4.69) is 71.5 Å². The number of likely N-dealkylation sites (tertiary alicyclic amines) is 2. The number of nitrogens with zero attached hydrogens (tertiary/aromatic N) is 4. The molecule has 6 nitrogen and oxygen atoms in total. The van der Waals surface area contributed by atoms with Crippen LogP contribution in [0.15, 0.2) is 65.6 Å². The molecule has 0 bridgehead atoms. The van der Waals surface area contributed by atoms with Crippen LogP contribution < -0.4 is 0 Å². The van der Waals surface area contributed by atoms with Crippen molar-refractivity contribution >= 4 is 20.9 Å². The molecule has 0 amide bonds. The average molecular weight is 557 g/mol. The predicted molar refractivity (Wildman–Crippen MR) is 163 cm³/mol. The van der Waals surface area contributed by atoms with E-state index in [0.29, 0.717) is 4.90 Å². The zero-order chi connectivity index (χ0) is 28.2. The third kappa shape index (κ3) is 5.35. The van der Waals surface area contributed by atoms with Crippen molar-refractivity contribution in [1.29, 1.82) is 0 Å². The van der Waals surface area contributed by atoms with Crippen LogP contribution in [0.1, 0.15) is 25.0 Å². The number of aromatic nitrogens is 2. The summed E-state index contributed by atoms with van der Waals surface area (Å²) in [7, 11) is -1.21. The molecule has 2 fully saturated rings. The number of fused-ring (bicyclic) bond motifs is 2. The van der Waals surface area contributed by atoms with Crippen LogP contribution in [0.25, 0.3) is 33.5 Å². The first-order valence-electron chi connectivity index (χ1n) is 14.4. The minimum Gasteiger partial charge on any atom is -0.327 e. The second kappa shape index (κ2) is 10.4.